The molecule has 0 spiro atoms. The monoisotopic (exact) mass is 211 g/mol. The van der Waals surface area contributed by atoms with E-state index in [9.17, 15) is 4.39 Å². The largest absolute Gasteiger partial charge is 0.494 e. The van der Waals surface area contributed by atoms with Gasteiger partial charge in [-0.15, -0.1) is 0 Å². The zero-order chi connectivity index (χ0) is 11.3. The highest BCUT2D eigenvalue weighted by Crippen LogP contribution is 2.17. The Labute approximate surface area is 90.4 Å². The number of nitrogens with one attached hydrogen (secondary N) is 1. The van der Waals surface area contributed by atoms with Gasteiger partial charge in [0, 0.05) is 6.04 Å². The third kappa shape index (κ3) is 3.88. The molecule has 0 aromatic heterocycles. The van der Waals surface area contributed by atoms with Crippen LogP contribution in [-0.2, 0) is 6.42 Å². The topological polar surface area (TPSA) is 21.3 Å². The molecule has 0 fully saturated rings. The van der Waals surface area contributed by atoms with E-state index in [-0.39, 0.29) is 5.82 Å². The number of hydrogen-bond donors (Lipinski definition) is 1. The molecule has 0 aliphatic carbocycles. The second-order valence-corrected chi connectivity index (χ2v) is 3.83. The van der Waals surface area contributed by atoms with Crippen molar-refractivity contribution in [1.82, 2.24) is 5.32 Å². The number of rotatable bonds is 5. The number of ether oxygens (including phenoxy) is 1. The van der Waals surface area contributed by atoms with Crippen molar-refractivity contribution in [1.29, 1.82) is 0 Å². The highest BCUT2D eigenvalue weighted by Gasteiger charge is 2.03. The fourth-order valence-corrected chi connectivity index (χ4v) is 1.37. The number of benzene rings is 1. The number of methoxy groups -OCH3 is 1. The Morgan fingerprint density at radius 1 is 1.40 bits per heavy atom. The lowest BCUT2D eigenvalue weighted by Gasteiger charge is -2.08. The average molecular weight is 211 g/mol. The maximum atomic E-state index is 13.3. The normalized spacial score (nSPS) is 10.7. The minimum Gasteiger partial charge on any atom is -0.494 e. The summed E-state index contributed by atoms with van der Waals surface area (Å²) in [7, 11) is 1.47. The van der Waals surface area contributed by atoms with Crippen molar-refractivity contribution in [2.75, 3.05) is 13.7 Å². The molecule has 1 aromatic rings. The molecule has 1 rings (SSSR count). The van der Waals surface area contributed by atoms with Gasteiger partial charge in [-0.05, 0) is 30.7 Å². The summed E-state index contributed by atoms with van der Waals surface area (Å²) in [5.74, 6) is 0.00937. The van der Waals surface area contributed by atoms with Gasteiger partial charge >= 0.3 is 0 Å². The molecule has 0 aliphatic rings. The molecule has 84 valence electrons. The quantitative estimate of drug-likeness (QED) is 0.807. The Bertz CT molecular complexity index is 312. The predicted molar refractivity (Wildman–Crippen MR) is 59.8 cm³/mol. The van der Waals surface area contributed by atoms with Gasteiger partial charge in [0.25, 0.3) is 0 Å². The van der Waals surface area contributed by atoms with Gasteiger partial charge in [0.05, 0.1) is 7.11 Å². The molecular formula is C12H18FNO. The van der Waals surface area contributed by atoms with Crippen LogP contribution in [0.4, 0.5) is 4.39 Å². The Morgan fingerprint density at radius 2 is 2.13 bits per heavy atom. The lowest BCUT2D eigenvalue weighted by molar-refractivity contribution is 0.386. The number of hydrogen-bond acceptors (Lipinski definition) is 2. The maximum Gasteiger partial charge on any atom is 0.165 e. The second-order valence-electron chi connectivity index (χ2n) is 3.83. The fraction of sp³-hybridized carbons (Fsp3) is 0.500. The summed E-state index contributed by atoms with van der Waals surface area (Å²) < 4.78 is 18.1. The van der Waals surface area contributed by atoms with Crippen LogP contribution in [0.2, 0.25) is 0 Å². The van der Waals surface area contributed by atoms with Crippen molar-refractivity contribution in [3.8, 4) is 5.75 Å². The van der Waals surface area contributed by atoms with Crippen LogP contribution in [0, 0.1) is 5.82 Å². The van der Waals surface area contributed by atoms with Gasteiger partial charge in [0.1, 0.15) is 0 Å². The minimum atomic E-state index is -0.292. The summed E-state index contributed by atoms with van der Waals surface area (Å²) in [6, 6.07) is 5.55. The molecule has 3 heteroatoms. The van der Waals surface area contributed by atoms with Crippen LogP contribution in [0.5, 0.6) is 5.75 Å². The van der Waals surface area contributed by atoms with Crippen LogP contribution >= 0.6 is 0 Å². The summed E-state index contributed by atoms with van der Waals surface area (Å²) in [6.07, 6.45) is 0.832. The van der Waals surface area contributed by atoms with Crippen LogP contribution in [-0.4, -0.2) is 19.7 Å². The fourth-order valence-electron chi connectivity index (χ4n) is 1.37. The van der Waals surface area contributed by atoms with E-state index in [1.54, 1.807) is 6.07 Å². The first-order valence-electron chi connectivity index (χ1n) is 5.19. The average Bonchev–Trinajstić information content (AvgIpc) is 2.17. The van der Waals surface area contributed by atoms with Crippen LogP contribution in [0.15, 0.2) is 18.2 Å². The third-order valence-corrected chi connectivity index (χ3v) is 2.18. The van der Waals surface area contributed by atoms with Crippen molar-refractivity contribution in [2.24, 2.45) is 0 Å². The SMILES string of the molecule is COc1ccc(CCNC(C)C)cc1F. The van der Waals surface area contributed by atoms with E-state index >= 15 is 0 Å². The first-order chi connectivity index (χ1) is 7.13. The molecule has 0 saturated carbocycles. The highest BCUT2D eigenvalue weighted by molar-refractivity contribution is 5.29. The molecule has 1 N–H and O–H groups in total. The Morgan fingerprint density at radius 3 is 2.67 bits per heavy atom. The lowest BCUT2D eigenvalue weighted by Crippen LogP contribution is -2.24. The van der Waals surface area contributed by atoms with E-state index in [1.165, 1.54) is 13.2 Å². The summed E-state index contributed by atoms with van der Waals surface area (Å²) in [5.41, 5.74) is 0.987. The van der Waals surface area contributed by atoms with E-state index in [1.807, 2.05) is 6.07 Å². The highest BCUT2D eigenvalue weighted by atomic mass is 19.1. The standard InChI is InChI=1S/C12H18FNO/c1-9(2)14-7-6-10-4-5-12(15-3)11(13)8-10/h4-5,8-9,14H,6-7H2,1-3H3. The molecule has 0 atom stereocenters. The van der Waals surface area contributed by atoms with Gasteiger partial charge in [-0.1, -0.05) is 19.9 Å². The second kappa shape index (κ2) is 5.71. The minimum absolute atomic E-state index is 0.292. The first kappa shape index (κ1) is 12.0. The van der Waals surface area contributed by atoms with Crippen LogP contribution in [0.25, 0.3) is 0 Å². The maximum absolute atomic E-state index is 13.3. The van der Waals surface area contributed by atoms with Gasteiger partial charge < -0.3 is 10.1 Å². The van der Waals surface area contributed by atoms with E-state index in [0.29, 0.717) is 11.8 Å². The Hall–Kier alpha value is -1.09. The van der Waals surface area contributed by atoms with Crippen LogP contribution < -0.4 is 10.1 Å². The third-order valence-electron chi connectivity index (χ3n) is 2.18. The molecule has 15 heavy (non-hydrogen) atoms. The first-order valence-corrected chi connectivity index (χ1v) is 5.19. The van der Waals surface area contributed by atoms with E-state index in [4.69, 9.17) is 4.74 Å². The van der Waals surface area contributed by atoms with E-state index in [2.05, 4.69) is 19.2 Å². The van der Waals surface area contributed by atoms with E-state index in [0.717, 1.165) is 18.5 Å². The molecule has 0 amide bonds. The zero-order valence-corrected chi connectivity index (χ0v) is 9.51. The molecule has 0 bridgehead atoms. The molecule has 0 saturated heterocycles. The van der Waals surface area contributed by atoms with Crippen LogP contribution in [0.1, 0.15) is 19.4 Å². The van der Waals surface area contributed by atoms with Crippen molar-refractivity contribution >= 4 is 0 Å². The van der Waals surface area contributed by atoms with Gasteiger partial charge in [0.15, 0.2) is 11.6 Å². The van der Waals surface area contributed by atoms with Gasteiger partial charge in [-0.25, -0.2) is 4.39 Å². The molecular weight excluding hydrogens is 193 g/mol. The predicted octanol–water partition coefficient (Wildman–Crippen LogP) is 2.37. The van der Waals surface area contributed by atoms with E-state index < -0.39 is 0 Å². The summed E-state index contributed by atoms with van der Waals surface area (Å²) in [6.45, 7) is 5.05. The molecule has 1 aromatic carbocycles. The summed E-state index contributed by atoms with van der Waals surface area (Å²) in [4.78, 5) is 0. The van der Waals surface area contributed by atoms with Gasteiger partial charge in [-0.3, -0.25) is 0 Å². The van der Waals surface area contributed by atoms with Gasteiger partial charge in [0.2, 0.25) is 0 Å². The smallest absolute Gasteiger partial charge is 0.165 e. The van der Waals surface area contributed by atoms with Gasteiger partial charge in [-0.2, -0.15) is 0 Å². The summed E-state index contributed by atoms with van der Waals surface area (Å²) in [5, 5.41) is 3.29. The molecule has 0 unspecified atom stereocenters. The Balaban J connectivity index is 2.52. The Kier molecular flexibility index (Phi) is 4.56. The number of halogens is 1. The van der Waals surface area contributed by atoms with Crippen LogP contribution in [0.3, 0.4) is 0 Å². The van der Waals surface area contributed by atoms with Crippen molar-refractivity contribution < 1.29 is 9.13 Å². The lowest BCUT2D eigenvalue weighted by atomic mass is 10.1. The molecule has 0 aliphatic heterocycles. The zero-order valence-electron chi connectivity index (χ0n) is 9.51. The molecule has 2 nitrogen and oxygen atoms in total. The molecule has 0 radical (unpaired) electrons. The van der Waals surface area contributed by atoms with Crippen molar-refractivity contribution in [2.45, 2.75) is 26.3 Å². The summed E-state index contributed by atoms with van der Waals surface area (Å²) >= 11 is 0. The van der Waals surface area contributed by atoms with Crippen molar-refractivity contribution in [3.05, 3.63) is 29.6 Å². The molecule has 0 heterocycles. The van der Waals surface area contributed by atoms with Crippen molar-refractivity contribution in [3.63, 3.8) is 0 Å².